The fourth-order valence-electron chi connectivity index (χ4n) is 1.61. The van der Waals surface area contributed by atoms with Gasteiger partial charge >= 0.3 is 6.03 Å². The van der Waals surface area contributed by atoms with Crippen LogP contribution in [0.4, 0.5) is 4.79 Å². The molecule has 0 aromatic heterocycles. The van der Waals surface area contributed by atoms with E-state index in [0.717, 1.165) is 0 Å². The Morgan fingerprint density at radius 2 is 1.56 bits per heavy atom. The molecule has 1 saturated heterocycles. The molecule has 3 N–H and O–H groups in total. The molecule has 6 nitrogen and oxygen atoms in total. The van der Waals surface area contributed by atoms with Gasteiger partial charge in [-0.15, -0.1) is 0 Å². The van der Waals surface area contributed by atoms with E-state index in [1.165, 1.54) is 0 Å². The SMILES string of the molecule is O=C1NC(=O)C(O)(Cc2ccc(Cl)cc2)C(=O)N1. The summed E-state index contributed by atoms with van der Waals surface area (Å²) in [6.45, 7) is 0. The maximum absolute atomic E-state index is 11.5. The first-order valence-electron chi connectivity index (χ1n) is 5.05. The first-order chi connectivity index (χ1) is 8.41. The molecular formula is C11H9ClN2O4. The van der Waals surface area contributed by atoms with Crippen molar-refractivity contribution in [3.8, 4) is 0 Å². The fourth-order valence-corrected chi connectivity index (χ4v) is 1.73. The molecule has 1 aliphatic rings. The molecule has 18 heavy (non-hydrogen) atoms. The number of rotatable bonds is 2. The van der Waals surface area contributed by atoms with E-state index in [1.54, 1.807) is 24.3 Å². The summed E-state index contributed by atoms with van der Waals surface area (Å²) in [4.78, 5) is 34.0. The van der Waals surface area contributed by atoms with Gasteiger partial charge in [0.1, 0.15) is 0 Å². The van der Waals surface area contributed by atoms with Gasteiger partial charge in [-0.3, -0.25) is 20.2 Å². The molecule has 0 radical (unpaired) electrons. The maximum Gasteiger partial charge on any atom is 0.328 e. The molecule has 4 amide bonds. The largest absolute Gasteiger partial charge is 0.371 e. The highest BCUT2D eigenvalue weighted by Gasteiger charge is 2.48. The zero-order chi connectivity index (χ0) is 13.3. The lowest BCUT2D eigenvalue weighted by Crippen LogP contribution is -2.67. The zero-order valence-corrected chi connectivity index (χ0v) is 9.82. The third kappa shape index (κ3) is 2.20. The fraction of sp³-hybridized carbons (Fsp3) is 0.182. The van der Waals surface area contributed by atoms with E-state index >= 15 is 0 Å². The molecule has 0 spiro atoms. The second-order valence-electron chi connectivity index (χ2n) is 3.90. The van der Waals surface area contributed by atoms with Crippen molar-refractivity contribution in [3.63, 3.8) is 0 Å². The van der Waals surface area contributed by atoms with Crippen molar-refractivity contribution in [2.75, 3.05) is 0 Å². The topological polar surface area (TPSA) is 95.5 Å². The number of aliphatic hydroxyl groups is 1. The maximum atomic E-state index is 11.5. The minimum absolute atomic E-state index is 0.241. The minimum Gasteiger partial charge on any atom is -0.371 e. The smallest absolute Gasteiger partial charge is 0.328 e. The van der Waals surface area contributed by atoms with Gasteiger partial charge in [0.2, 0.25) is 5.60 Å². The lowest BCUT2D eigenvalue weighted by atomic mass is 9.91. The highest BCUT2D eigenvalue weighted by atomic mass is 35.5. The van der Waals surface area contributed by atoms with Crippen molar-refractivity contribution in [2.45, 2.75) is 12.0 Å². The number of imide groups is 2. The quantitative estimate of drug-likeness (QED) is 0.657. The Bertz CT molecular complexity index is 506. The molecule has 1 aromatic rings. The molecule has 94 valence electrons. The van der Waals surface area contributed by atoms with Crippen LogP contribution in [-0.4, -0.2) is 28.6 Å². The van der Waals surface area contributed by atoms with Crippen LogP contribution in [0.15, 0.2) is 24.3 Å². The van der Waals surface area contributed by atoms with Gasteiger partial charge in [-0.2, -0.15) is 0 Å². The highest BCUT2D eigenvalue weighted by Crippen LogP contribution is 2.18. The van der Waals surface area contributed by atoms with Gasteiger partial charge in [-0.25, -0.2) is 4.79 Å². The Hall–Kier alpha value is -1.92. The molecule has 0 saturated carbocycles. The standard InChI is InChI=1S/C11H9ClN2O4/c12-7-3-1-6(2-4-7)5-11(18)8(15)13-10(17)14-9(11)16/h1-4,18H,5H2,(H2,13,14,15,16,17). The van der Waals surface area contributed by atoms with Gasteiger partial charge in [-0.1, -0.05) is 23.7 Å². The zero-order valence-electron chi connectivity index (χ0n) is 9.07. The number of carbonyl (C=O) groups excluding carboxylic acids is 3. The van der Waals surface area contributed by atoms with Crippen molar-refractivity contribution < 1.29 is 19.5 Å². The van der Waals surface area contributed by atoms with Gasteiger partial charge in [0.25, 0.3) is 11.8 Å². The van der Waals surface area contributed by atoms with E-state index in [2.05, 4.69) is 0 Å². The van der Waals surface area contributed by atoms with Gasteiger partial charge in [-0.05, 0) is 17.7 Å². The number of benzene rings is 1. The summed E-state index contributed by atoms with van der Waals surface area (Å²) >= 11 is 5.70. The van der Waals surface area contributed by atoms with Crippen molar-refractivity contribution in [2.24, 2.45) is 0 Å². The Kier molecular flexibility index (Phi) is 3.06. The molecule has 1 aliphatic heterocycles. The molecule has 0 atom stereocenters. The summed E-state index contributed by atoms with van der Waals surface area (Å²) in [5.41, 5.74) is -1.75. The Balaban J connectivity index is 2.25. The summed E-state index contributed by atoms with van der Waals surface area (Å²) in [5, 5.41) is 14.2. The van der Waals surface area contributed by atoms with Crippen LogP contribution in [0.5, 0.6) is 0 Å². The number of nitrogens with one attached hydrogen (secondary N) is 2. The van der Waals surface area contributed by atoms with E-state index < -0.39 is 23.4 Å². The second-order valence-corrected chi connectivity index (χ2v) is 4.34. The van der Waals surface area contributed by atoms with Gasteiger partial charge in [0.15, 0.2) is 0 Å². The highest BCUT2D eigenvalue weighted by molar-refractivity contribution is 6.30. The van der Waals surface area contributed by atoms with Gasteiger partial charge < -0.3 is 5.11 Å². The average molecular weight is 269 g/mol. The van der Waals surface area contributed by atoms with Crippen LogP contribution in [0, 0.1) is 0 Å². The van der Waals surface area contributed by atoms with Crippen LogP contribution in [-0.2, 0) is 16.0 Å². The summed E-state index contributed by atoms with van der Waals surface area (Å²) in [7, 11) is 0. The third-order valence-corrected chi connectivity index (χ3v) is 2.83. The molecule has 0 aliphatic carbocycles. The van der Waals surface area contributed by atoms with E-state index in [9.17, 15) is 19.5 Å². The monoisotopic (exact) mass is 268 g/mol. The van der Waals surface area contributed by atoms with Crippen LogP contribution in [0.3, 0.4) is 0 Å². The number of amides is 4. The van der Waals surface area contributed by atoms with Crippen LogP contribution in [0.2, 0.25) is 5.02 Å². The lowest BCUT2D eigenvalue weighted by Gasteiger charge is -2.28. The molecule has 1 fully saturated rings. The van der Waals surface area contributed by atoms with Crippen LogP contribution in [0.1, 0.15) is 5.56 Å². The average Bonchev–Trinajstić information content (AvgIpc) is 2.30. The number of hydrogen-bond acceptors (Lipinski definition) is 4. The normalized spacial score (nSPS) is 18.2. The molecule has 0 bridgehead atoms. The van der Waals surface area contributed by atoms with Crippen LogP contribution >= 0.6 is 11.6 Å². The van der Waals surface area contributed by atoms with Crippen molar-refractivity contribution in [3.05, 3.63) is 34.9 Å². The van der Waals surface area contributed by atoms with E-state index in [0.29, 0.717) is 10.6 Å². The molecule has 1 aromatic carbocycles. The Morgan fingerprint density at radius 1 is 1.06 bits per heavy atom. The first-order valence-corrected chi connectivity index (χ1v) is 5.43. The number of barbiturate groups is 1. The number of carbonyl (C=O) groups is 3. The van der Waals surface area contributed by atoms with Crippen LogP contribution in [0.25, 0.3) is 0 Å². The van der Waals surface area contributed by atoms with Gasteiger partial charge in [0, 0.05) is 11.4 Å². The van der Waals surface area contributed by atoms with Crippen molar-refractivity contribution in [1.82, 2.24) is 10.6 Å². The first kappa shape index (κ1) is 12.5. The van der Waals surface area contributed by atoms with E-state index in [1.807, 2.05) is 10.6 Å². The van der Waals surface area contributed by atoms with Crippen LogP contribution < -0.4 is 10.6 Å². The number of halogens is 1. The van der Waals surface area contributed by atoms with E-state index in [4.69, 9.17) is 11.6 Å². The molecule has 0 unspecified atom stereocenters. The summed E-state index contributed by atoms with van der Waals surface area (Å²) in [5.74, 6) is -2.07. The Labute approximate surface area is 107 Å². The molecule has 7 heteroatoms. The third-order valence-electron chi connectivity index (χ3n) is 2.58. The lowest BCUT2D eigenvalue weighted by molar-refractivity contribution is -0.154. The predicted molar refractivity (Wildman–Crippen MR) is 61.8 cm³/mol. The van der Waals surface area contributed by atoms with Gasteiger partial charge in [0.05, 0.1) is 0 Å². The molecular weight excluding hydrogens is 260 g/mol. The molecule has 2 rings (SSSR count). The number of urea groups is 1. The Morgan fingerprint density at radius 3 is 2.06 bits per heavy atom. The number of hydrogen-bond donors (Lipinski definition) is 3. The van der Waals surface area contributed by atoms with E-state index in [-0.39, 0.29) is 6.42 Å². The van der Waals surface area contributed by atoms with Crippen molar-refractivity contribution in [1.29, 1.82) is 0 Å². The summed E-state index contributed by atoms with van der Waals surface area (Å²) in [6, 6.07) is 5.37. The second kappa shape index (κ2) is 4.40. The predicted octanol–water partition coefficient (Wildman–Crippen LogP) is -0.0204. The molecule has 1 heterocycles. The summed E-state index contributed by atoms with van der Waals surface area (Å²) < 4.78 is 0. The van der Waals surface area contributed by atoms with Crippen molar-refractivity contribution >= 4 is 29.4 Å². The summed E-state index contributed by atoms with van der Waals surface area (Å²) in [6.07, 6.45) is -0.241. The minimum atomic E-state index is -2.29.